The molecule has 1 atom stereocenters. The summed E-state index contributed by atoms with van der Waals surface area (Å²) < 4.78 is 32.7. The van der Waals surface area contributed by atoms with E-state index < -0.39 is 17.7 Å². The topological polar surface area (TPSA) is 46.5 Å². The lowest BCUT2D eigenvalue weighted by Crippen LogP contribution is -2.12. The van der Waals surface area contributed by atoms with Gasteiger partial charge in [0.15, 0.2) is 17.4 Å². The predicted molar refractivity (Wildman–Crippen MR) is 126 cm³/mol. The van der Waals surface area contributed by atoms with Crippen molar-refractivity contribution < 1.29 is 23.4 Å². The maximum Gasteiger partial charge on any atom is 0.195 e. The zero-order valence-electron chi connectivity index (χ0n) is 17.4. The van der Waals surface area contributed by atoms with E-state index in [1.165, 1.54) is 0 Å². The van der Waals surface area contributed by atoms with Crippen molar-refractivity contribution in [1.82, 2.24) is 0 Å². The molecule has 0 aliphatic heterocycles. The lowest BCUT2D eigenvalue weighted by molar-refractivity contribution is 0.0747. The van der Waals surface area contributed by atoms with Crippen LogP contribution in [-0.2, 0) is 6.61 Å². The van der Waals surface area contributed by atoms with Crippen LogP contribution in [-0.4, -0.2) is 10.9 Å². The van der Waals surface area contributed by atoms with Crippen LogP contribution in [0.4, 0.5) is 8.78 Å². The summed E-state index contributed by atoms with van der Waals surface area (Å²) in [7, 11) is 0. The van der Waals surface area contributed by atoms with Gasteiger partial charge in [-0.2, -0.15) is 0 Å². The Labute approximate surface area is 195 Å². The fourth-order valence-electron chi connectivity index (χ4n) is 3.42. The molecule has 0 spiro atoms. The number of aliphatic hydroxyl groups is 1. The van der Waals surface area contributed by atoms with Crippen LogP contribution in [0.25, 0.3) is 11.1 Å². The minimum atomic E-state index is -1.23. The highest BCUT2D eigenvalue weighted by molar-refractivity contribution is 7.80. The summed E-state index contributed by atoms with van der Waals surface area (Å²) in [6, 6.07) is 24.7. The van der Waals surface area contributed by atoms with Gasteiger partial charge in [0.25, 0.3) is 0 Å². The molecule has 1 unspecified atom stereocenters. The first-order valence-corrected chi connectivity index (χ1v) is 10.6. The van der Waals surface area contributed by atoms with Gasteiger partial charge in [0, 0.05) is 10.5 Å². The molecule has 0 fully saturated rings. The summed E-state index contributed by atoms with van der Waals surface area (Å²) in [5.41, 5.74) is 2.85. The van der Waals surface area contributed by atoms with E-state index in [4.69, 9.17) is 4.74 Å². The van der Waals surface area contributed by atoms with Gasteiger partial charge in [-0.3, -0.25) is 4.79 Å². The third-order valence-electron chi connectivity index (χ3n) is 5.18. The van der Waals surface area contributed by atoms with Gasteiger partial charge in [0.05, 0.1) is 0 Å². The standard InChI is InChI=1S/C27H20F2O3S/c28-23-14-22(25(33)15-24(23)29)18-9-11-21(12-10-18)32-16-17-5-4-8-20(13-17)27(31)26(30)19-6-2-1-3-7-19/h1-15,26,30,33H,16H2. The summed E-state index contributed by atoms with van der Waals surface area (Å²) in [6.07, 6.45) is -1.23. The molecule has 1 N–H and O–H groups in total. The molecule has 4 aromatic carbocycles. The zero-order valence-corrected chi connectivity index (χ0v) is 18.3. The lowest BCUT2D eigenvalue weighted by Gasteiger charge is -2.12. The third-order valence-corrected chi connectivity index (χ3v) is 5.55. The van der Waals surface area contributed by atoms with E-state index in [1.807, 2.05) is 12.1 Å². The Morgan fingerprint density at radius 3 is 2.30 bits per heavy atom. The molecule has 0 aliphatic carbocycles. The number of hydrogen-bond donors (Lipinski definition) is 2. The second-order valence-electron chi connectivity index (χ2n) is 7.47. The Morgan fingerprint density at radius 1 is 0.879 bits per heavy atom. The molecule has 0 saturated carbocycles. The van der Waals surface area contributed by atoms with Crippen molar-refractivity contribution >= 4 is 18.4 Å². The molecule has 4 rings (SSSR count). The number of benzene rings is 4. The van der Waals surface area contributed by atoms with Crippen LogP contribution in [0.3, 0.4) is 0 Å². The normalized spacial score (nSPS) is 11.8. The van der Waals surface area contributed by atoms with Crippen molar-refractivity contribution in [2.24, 2.45) is 0 Å². The van der Waals surface area contributed by atoms with Crippen molar-refractivity contribution in [2.75, 3.05) is 0 Å². The molecular weight excluding hydrogens is 442 g/mol. The molecule has 0 heterocycles. The van der Waals surface area contributed by atoms with Crippen molar-refractivity contribution in [2.45, 2.75) is 17.6 Å². The molecule has 166 valence electrons. The van der Waals surface area contributed by atoms with Crippen LogP contribution in [0.1, 0.15) is 27.6 Å². The number of rotatable bonds is 7. The predicted octanol–water partition coefficient (Wildman–Crippen LogP) is 6.42. The van der Waals surface area contributed by atoms with E-state index in [-0.39, 0.29) is 12.4 Å². The minimum absolute atomic E-state index is 0.213. The summed E-state index contributed by atoms with van der Waals surface area (Å²) in [5, 5.41) is 10.4. The summed E-state index contributed by atoms with van der Waals surface area (Å²) in [5.74, 6) is -1.69. The monoisotopic (exact) mass is 462 g/mol. The Bertz CT molecular complexity index is 1270. The van der Waals surface area contributed by atoms with E-state index in [2.05, 4.69) is 12.6 Å². The molecule has 33 heavy (non-hydrogen) atoms. The van der Waals surface area contributed by atoms with Gasteiger partial charge in [-0.25, -0.2) is 8.78 Å². The minimum Gasteiger partial charge on any atom is -0.489 e. The van der Waals surface area contributed by atoms with Crippen molar-refractivity contribution in [3.8, 4) is 16.9 Å². The largest absolute Gasteiger partial charge is 0.489 e. The number of halogens is 2. The number of hydrogen-bond acceptors (Lipinski definition) is 4. The molecular formula is C27H20F2O3S. The van der Waals surface area contributed by atoms with Crippen LogP contribution in [0.5, 0.6) is 5.75 Å². The highest BCUT2D eigenvalue weighted by Gasteiger charge is 2.19. The number of aliphatic hydroxyl groups excluding tert-OH is 1. The van der Waals surface area contributed by atoms with E-state index in [1.54, 1.807) is 66.7 Å². The highest BCUT2D eigenvalue weighted by atomic mass is 32.1. The average molecular weight is 463 g/mol. The summed E-state index contributed by atoms with van der Waals surface area (Å²) in [4.78, 5) is 13.0. The van der Waals surface area contributed by atoms with Gasteiger partial charge in [0.1, 0.15) is 18.5 Å². The summed E-state index contributed by atoms with van der Waals surface area (Å²) in [6.45, 7) is 0.213. The van der Waals surface area contributed by atoms with E-state index >= 15 is 0 Å². The molecule has 0 radical (unpaired) electrons. The van der Waals surface area contributed by atoms with Crippen LogP contribution in [0.15, 0.2) is 95.9 Å². The zero-order chi connectivity index (χ0) is 23.4. The number of ether oxygens (including phenoxy) is 1. The SMILES string of the molecule is O=C(c1cccc(COc2ccc(-c3cc(F)c(F)cc3S)cc2)c1)C(O)c1ccccc1. The molecule has 3 nitrogen and oxygen atoms in total. The third kappa shape index (κ3) is 5.30. The van der Waals surface area contributed by atoms with E-state index in [0.29, 0.717) is 32.9 Å². The fraction of sp³-hybridized carbons (Fsp3) is 0.0741. The quantitative estimate of drug-likeness (QED) is 0.246. The number of Topliss-reactive ketones (excluding diaryl/α,β-unsaturated/α-hetero) is 1. The number of thiol groups is 1. The fourth-order valence-corrected chi connectivity index (χ4v) is 3.73. The average Bonchev–Trinajstić information content (AvgIpc) is 2.85. The Balaban J connectivity index is 1.44. The van der Waals surface area contributed by atoms with Crippen molar-refractivity contribution in [1.29, 1.82) is 0 Å². The van der Waals surface area contributed by atoms with E-state index in [9.17, 15) is 18.7 Å². The van der Waals surface area contributed by atoms with Crippen LogP contribution < -0.4 is 4.74 Å². The Morgan fingerprint density at radius 2 is 1.58 bits per heavy atom. The van der Waals surface area contributed by atoms with Crippen molar-refractivity contribution in [3.05, 3.63) is 119 Å². The molecule has 6 heteroatoms. The summed E-state index contributed by atoms with van der Waals surface area (Å²) >= 11 is 4.22. The van der Waals surface area contributed by atoms with Gasteiger partial charge in [0.2, 0.25) is 0 Å². The first-order chi connectivity index (χ1) is 15.9. The van der Waals surface area contributed by atoms with Gasteiger partial charge in [-0.05, 0) is 52.6 Å². The molecule has 0 saturated heterocycles. The molecule has 0 aliphatic rings. The maximum atomic E-state index is 13.6. The van der Waals surface area contributed by atoms with Gasteiger partial charge in [-0.1, -0.05) is 60.7 Å². The Hall–Kier alpha value is -3.48. The van der Waals surface area contributed by atoms with Crippen molar-refractivity contribution in [3.63, 3.8) is 0 Å². The van der Waals surface area contributed by atoms with Gasteiger partial charge in [-0.15, -0.1) is 12.6 Å². The molecule has 0 amide bonds. The smallest absolute Gasteiger partial charge is 0.195 e. The second kappa shape index (κ2) is 9.98. The first kappa shape index (κ1) is 22.7. The van der Waals surface area contributed by atoms with Gasteiger partial charge < -0.3 is 9.84 Å². The van der Waals surface area contributed by atoms with Crippen LogP contribution in [0.2, 0.25) is 0 Å². The molecule has 0 aromatic heterocycles. The Kier molecular flexibility index (Phi) is 6.87. The highest BCUT2D eigenvalue weighted by Crippen LogP contribution is 2.30. The molecule has 0 bridgehead atoms. The molecule has 4 aromatic rings. The maximum absolute atomic E-state index is 13.6. The van der Waals surface area contributed by atoms with Crippen LogP contribution in [0, 0.1) is 11.6 Å². The number of carbonyl (C=O) groups is 1. The first-order valence-electron chi connectivity index (χ1n) is 10.2. The van der Waals surface area contributed by atoms with Crippen LogP contribution >= 0.6 is 12.6 Å². The lowest BCUT2D eigenvalue weighted by atomic mass is 9.99. The number of ketones is 1. The van der Waals surface area contributed by atoms with E-state index in [0.717, 1.165) is 17.7 Å². The van der Waals surface area contributed by atoms with Gasteiger partial charge >= 0.3 is 0 Å². The number of carbonyl (C=O) groups excluding carboxylic acids is 1. The second-order valence-corrected chi connectivity index (χ2v) is 7.96.